The Labute approximate surface area is 200 Å². The number of nitrogens with zero attached hydrogens (tertiary/aromatic N) is 5. The fourth-order valence-corrected chi connectivity index (χ4v) is 4.69. The standard InChI is InChI=1S/C25H22ClF2N5O/c1-13-2-5-17-23(18-9-21(28)19(26)10-20(18)27)31-24(32-25(17)30-13)14-6-7-34-22(8-14)15-11-29-33(12-15)16-3-4-16/h2,5,9-12,14,16,22H,3-4,6-8H2,1H3. The van der Waals surface area contributed by atoms with Crippen molar-refractivity contribution in [1.82, 2.24) is 24.7 Å². The van der Waals surface area contributed by atoms with Gasteiger partial charge in [0.1, 0.15) is 17.5 Å². The molecule has 9 heteroatoms. The van der Waals surface area contributed by atoms with Crippen LogP contribution in [-0.2, 0) is 4.74 Å². The first-order valence-electron chi connectivity index (χ1n) is 11.4. The first kappa shape index (κ1) is 21.6. The lowest BCUT2D eigenvalue weighted by molar-refractivity contribution is 0.00396. The van der Waals surface area contributed by atoms with Crippen molar-refractivity contribution in [2.45, 2.75) is 50.7 Å². The number of halogens is 3. The summed E-state index contributed by atoms with van der Waals surface area (Å²) in [4.78, 5) is 14.1. The molecule has 4 aromatic rings. The summed E-state index contributed by atoms with van der Waals surface area (Å²) in [5.74, 6) is -0.813. The molecule has 1 saturated heterocycles. The third-order valence-corrected chi connectivity index (χ3v) is 6.83. The summed E-state index contributed by atoms with van der Waals surface area (Å²) in [6.45, 7) is 2.41. The van der Waals surface area contributed by atoms with E-state index in [4.69, 9.17) is 26.3 Å². The van der Waals surface area contributed by atoms with Gasteiger partial charge in [-0.15, -0.1) is 0 Å². The Morgan fingerprint density at radius 3 is 2.74 bits per heavy atom. The Morgan fingerprint density at radius 2 is 1.91 bits per heavy atom. The maximum absolute atomic E-state index is 14.9. The number of hydrogen-bond acceptors (Lipinski definition) is 5. The molecule has 0 N–H and O–H groups in total. The molecule has 3 aromatic heterocycles. The van der Waals surface area contributed by atoms with E-state index in [1.807, 2.05) is 17.8 Å². The van der Waals surface area contributed by atoms with Crippen LogP contribution in [0.3, 0.4) is 0 Å². The summed E-state index contributed by atoms with van der Waals surface area (Å²) in [6.07, 6.45) is 7.54. The van der Waals surface area contributed by atoms with Crippen LogP contribution in [0.2, 0.25) is 5.02 Å². The Balaban J connectivity index is 1.41. The number of aryl methyl sites for hydroxylation is 1. The first-order valence-corrected chi connectivity index (χ1v) is 11.8. The predicted octanol–water partition coefficient (Wildman–Crippen LogP) is 6.10. The summed E-state index contributed by atoms with van der Waals surface area (Å²) in [5.41, 5.74) is 2.63. The van der Waals surface area contributed by atoms with Crippen molar-refractivity contribution in [1.29, 1.82) is 0 Å². The predicted molar refractivity (Wildman–Crippen MR) is 124 cm³/mol. The van der Waals surface area contributed by atoms with Crippen molar-refractivity contribution in [3.8, 4) is 11.3 Å². The summed E-state index contributed by atoms with van der Waals surface area (Å²) >= 11 is 5.78. The van der Waals surface area contributed by atoms with Gasteiger partial charge in [-0.05, 0) is 56.9 Å². The Morgan fingerprint density at radius 1 is 1.06 bits per heavy atom. The van der Waals surface area contributed by atoms with Crippen LogP contribution in [-0.4, -0.2) is 31.3 Å². The van der Waals surface area contributed by atoms with Gasteiger partial charge >= 0.3 is 0 Å². The van der Waals surface area contributed by atoms with Crippen LogP contribution in [0.25, 0.3) is 22.3 Å². The van der Waals surface area contributed by atoms with Gasteiger partial charge in [0.2, 0.25) is 0 Å². The summed E-state index contributed by atoms with van der Waals surface area (Å²) < 4.78 is 37.2. The molecule has 2 aliphatic rings. The SMILES string of the molecule is Cc1ccc2c(-c3cc(F)c(Cl)cc3F)nc(C3CCOC(c4cnn(C5CC5)c4)C3)nc2n1. The molecular formula is C25H22ClF2N5O. The van der Waals surface area contributed by atoms with Gasteiger partial charge in [0.05, 0.1) is 29.1 Å². The fraction of sp³-hybridized carbons (Fsp3) is 0.360. The molecule has 1 aliphatic carbocycles. The van der Waals surface area contributed by atoms with Crippen molar-refractivity contribution in [3.05, 3.63) is 70.4 Å². The number of benzene rings is 1. The van der Waals surface area contributed by atoms with E-state index < -0.39 is 11.6 Å². The zero-order valence-electron chi connectivity index (χ0n) is 18.5. The van der Waals surface area contributed by atoms with E-state index in [1.165, 1.54) is 0 Å². The van der Waals surface area contributed by atoms with E-state index in [0.717, 1.165) is 42.7 Å². The number of fused-ring (bicyclic) bond motifs is 1. The van der Waals surface area contributed by atoms with Crippen LogP contribution in [0.1, 0.15) is 60.8 Å². The largest absolute Gasteiger partial charge is 0.373 e. The van der Waals surface area contributed by atoms with Crippen LogP contribution in [0.5, 0.6) is 0 Å². The molecule has 6 rings (SSSR count). The monoisotopic (exact) mass is 481 g/mol. The van der Waals surface area contributed by atoms with Crippen LogP contribution in [0.15, 0.2) is 36.7 Å². The lowest BCUT2D eigenvalue weighted by atomic mass is 9.92. The molecule has 2 atom stereocenters. The molecule has 2 fully saturated rings. The highest BCUT2D eigenvalue weighted by atomic mass is 35.5. The molecule has 1 aliphatic heterocycles. The lowest BCUT2D eigenvalue weighted by Crippen LogP contribution is -2.20. The summed E-state index contributed by atoms with van der Waals surface area (Å²) in [7, 11) is 0. The molecule has 1 aromatic carbocycles. The van der Waals surface area contributed by atoms with Crippen LogP contribution >= 0.6 is 11.6 Å². The number of rotatable bonds is 4. The molecule has 6 nitrogen and oxygen atoms in total. The van der Waals surface area contributed by atoms with E-state index in [9.17, 15) is 8.78 Å². The van der Waals surface area contributed by atoms with E-state index in [0.29, 0.717) is 41.6 Å². The van der Waals surface area contributed by atoms with Crippen LogP contribution in [0, 0.1) is 18.6 Å². The minimum Gasteiger partial charge on any atom is -0.373 e. The minimum absolute atomic E-state index is 0.0197. The topological polar surface area (TPSA) is 65.7 Å². The Kier molecular flexibility index (Phi) is 5.30. The Hall–Kier alpha value is -2.97. The smallest absolute Gasteiger partial charge is 0.163 e. The van der Waals surface area contributed by atoms with Crippen molar-refractivity contribution in [2.75, 3.05) is 6.61 Å². The highest BCUT2D eigenvalue weighted by molar-refractivity contribution is 6.30. The highest BCUT2D eigenvalue weighted by Crippen LogP contribution is 2.40. The second kappa shape index (κ2) is 8.36. The number of ether oxygens (including phenoxy) is 1. The van der Waals surface area contributed by atoms with Crippen molar-refractivity contribution in [2.24, 2.45) is 0 Å². The van der Waals surface area contributed by atoms with Gasteiger partial charge in [0.15, 0.2) is 5.65 Å². The highest BCUT2D eigenvalue weighted by Gasteiger charge is 2.31. The number of pyridine rings is 1. The lowest BCUT2D eigenvalue weighted by Gasteiger charge is -2.28. The molecule has 0 spiro atoms. The number of aromatic nitrogens is 5. The molecule has 0 amide bonds. The second-order valence-corrected chi connectivity index (χ2v) is 9.47. The molecule has 0 bridgehead atoms. The molecule has 2 unspecified atom stereocenters. The van der Waals surface area contributed by atoms with E-state index >= 15 is 0 Å². The van der Waals surface area contributed by atoms with Gasteiger partial charge in [0, 0.05) is 40.9 Å². The summed E-state index contributed by atoms with van der Waals surface area (Å²) in [5, 5.41) is 4.78. The quantitative estimate of drug-likeness (QED) is 0.329. The average molecular weight is 482 g/mol. The molecular weight excluding hydrogens is 460 g/mol. The van der Waals surface area contributed by atoms with Crippen LogP contribution in [0.4, 0.5) is 8.78 Å². The van der Waals surface area contributed by atoms with Gasteiger partial charge in [-0.2, -0.15) is 5.10 Å². The molecule has 34 heavy (non-hydrogen) atoms. The molecule has 0 radical (unpaired) electrons. The maximum atomic E-state index is 14.9. The molecule has 174 valence electrons. The number of hydrogen-bond donors (Lipinski definition) is 0. The fourth-order valence-electron chi connectivity index (χ4n) is 4.53. The molecule has 1 saturated carbocycles. The average Bonchev–Trinajstić information content (AvgIpc) is 3.57. The third kappa shape index (κ3) is 3.95. The first-order chi connectivity index (χ1) is 16.5. The normalized spacial score (nSPS) is 20.7. The van der Waals surface area contributed by atoms with Gasteiger partial charge in [-0.1, -0.05) is 11.6 Å². The Bertz CT molecular complexity index is 1400. The van der Waals surface area contributed by atoms with Crippen molar-refractivity contribution < 1.29 is 13.5 Å². The van der Waals surface area contributed by atoms with E-state index in [2.05, 4.69) is 16.3 Å². The maximum Gasteiger partial charge on any atom is 0.163 e. The second-order valence-electron chi connectivity index (χ2n) is 9.07. The van der Waals surface area contributed by atoms with E-state index in [1.54, 1.807) is 12.1 Å². The summed E-state index contributed by atoms with van der Waals surface area (Å²) in [6, 6.07) is 6.16. The zero-order chi connectivity index (χ0) is 23.4. The van der Waals surface area contributed by atoms with Gasteiger partial charge in [-0.3, -0.25) is 4.68 Å². The van der Waals surface area contributed by atoms with Gasteiger partial charge in [0.25, 0.3) is 0 Å². The molecule has 4 heterocycles. The van der Waals surface area contributed by atoms with Crippen LogP contribution < -0.4 is 0 Å². The zero-order valence-corrected chi connectivity index (χ0v) is 19.3. The van der Waals surface area contributed by atoms with E-state index in [-0.39, 0.29) is 22.6 Å². The van der Waals surface area contributed by atoms with Crippen molar-refractivity contribution >= 4 is 22.6 Å². The minimum atomic E-state index is -0.703. The van der Waals surface area contributed by atoms with Crippen molar-refractivity contribution in [3.63, 3.8) is 0 Å². The van der Waals surface area contributed by atoms with Gasteiger partial charge < -0.3 is 4.74 Å². The third-order valence-electron chi connectivity index (χ3n) is 6.54. The van der Waals surface area contributed by atoms with Gasteiger partial charge in [-0.25, -0.2) is 23.7 Å².